The van der Waals surface area contributed by atoms with Gasteiger partial charge in [-0.2, -0.15) is 0 Å². The normalized spacial score (nSPS) is 12.4. The summed E-state index contributed by atoms with van der Waals surface area (Å²) in [6.07, 6.45) is -1.27. The first-order valence-corrected chi connectivity index (χ1v) is 10.8. The van der Waals surface area contributed by atoms with Crippen LogP contribution in [0.5, 0.6) is 0 Å². The van der Waals surface area contributed by atoms with Crippen molar-refractivity contribution in [2.45, 2.75) is 17.5 Å². The molecule has 0 radical (unpaired) electrons. The Morgan fingerprint density at radius 1 is 0.935 bits per heavy atom. The number of benzene rings is 3. The van der Waals surface area contributed by atoms with Gasteiger partial charge in [-0.25, -0.2) is 21.9 Å². The number of hydrogen-bond donors (Lipinski definition) is 3. The highest BCUT2D eigenvalue weighted by Gasteiger charge is 2.17. The highest BCUT2D eigenvalue weighted by atomic mass is 32.2. The van der Waals surface area contributed by atoms with Gasteiger partial charge in [-0.1, -0.05) is 42.5 Å². The lowest BCUT2D eigenvalue weighted by atomic mass is 10.1. The van der Waals surface area contributed by atoms with E-state index in [4.69, 9.17) is 0 Å². The first-order chi connectivity index (χ1) is 14.8. The van der Waals surface area contributed by atoms with Crippen molar-refractivity contribution < 1.29 is 27.1 Å². The first-order valence-electron chi connectivity index (χ1n) is 9.31. The molecule has 31 heavy (non-hydrogen) atoms. The Balaban J connectivity index is 1.64. The minimum absolute atomic E-state index is 0.0695. The number of nitrogens with one attached hydrogen (secondary N) is 2. The van der Waals surface area contributed by atoms with Gasteiger partial charge < -0.3 is 10.4 Å². The van der Waals surface area contributed by atoms with E-state index in [0.29, 0.717) is 0 Å². The number of aliphatic hydroxyl groups is 1. The van der Waals surface area contributed by atoms with Crippen LogP contribution in [0.2, 0.25) is 0 Å². The van der Waals surface area contributed by atoms with E-state index in [2.05, 4.69) is 10.0 Å². The Bertz CT molecular complexity index is 1170. The smallest absolute Gasteiger partial charge is 0.251 e. The molecule has 0 aliphatic carbocycles. The fraction of sp³-hybridized carbons (Fsp3) is 0.136. The van der Waals surface area contributed by atoms with E-state index in [1.807, 2.05) is 6.07 Å². The van der Waals surface area contributed by atoms with E-state index in [-0.39, 0.29) is 29.1 Å². The fourth-order valence-corrected chi connectivity index (χ4v) is 3.85. The Morgan fingerprint density at radius 3 is 2.39 bits per heavy atom. The second-order valence-corrected chi connectivity index (χ2v) is 8.50. The second kappa shape index (κ2) is 9.78. The van der Waals surface area contributed by atoms with Crippen molar-refractivity contribution in [2.75, 3.05) is 6.54 Å². The molecule has 0 aliphatic rings. The maximum atomic E-state index is 13.3. The first kappa shape index (κ1) is 22.5. The van der Waals surface area contributed by atoms with Crippen LogP contribution in [0, 0.1) is 11.6 Å². The molecule has 0 saturated heterocycles. The molecule has 3 aromatic rings. The molecule has 6 nitrogen and oxygen atoms in total. The van der Waals surface area contributed by atoms with Crippen LogP contribution in [0.25, 0.3) is 0 Å². The molecule has 162 valence electrons. The molecule has 0 aromatic heterocycles. The van der Waals surface area contributed by atoms with Gasteiger partial charge in [0.25, 0.3) is 5.91 Å². The SMILES string of the molecule is O=C(NCC(O)c1ccc(F)c(F)c1)c1cccc(S(=O)(=O)NCc2ccccc2)c1. The summed E-state index contributed by atoms with van der Waals surface area (Å²) in [7, 11) is -3.85. The largest absolute Gasteiger partial charge is 0.387 e. The number of sulfonamides is 1. The Kier molecular flexibility index (Phi) is 7.11. The number of hydrogen-bond acceptors (Lipinski definition) is 4. The van der Waals surface area contributed by atoms with E-state index in [1.165, 1.54) is 30.3 Å². The fourth-order valence-electron chi connectivity index (χ4n) is 2.79. The summed E-state index contributed by atoms with van der Waals surface area (Å²) < 4.78 is 53.9. The van der Waals surface area contributed by atoms with E-state index in [1.54, 1.807) is 24.3 Å². The quantitative estimate of drug-likeness (QED) is 0.496. The predicted molar refractivity (Wildman–Crippen MR) is 111 cm³/mol. The molecule has 1 amide bonds. The molecule has 0 saturated carbocycles. The van der Waals surface area contributed by atoms with Crippen molar-refractivity contribution in [3.8, 4) is 0 Å². The Morgan fingerprint density at radius 2 is 1.68 bits per heavy atom. The van der Waals surface area contributed by atoms with Gasteiger partial charge in [0.15, 0.2) is 11.6 Å². The van der Waals surface area contributed by atoms with Crippen LogP contribution in [-0.4, -0.2) is 26.0 Å². The molecule has 1 atom stereocenters. The molecule has 3 rings (SSSR count). The van der Waals surface area contributed by atoms with Gasteiger partial charge in [-0.3, -0.25) is 4.79 Å². The van der Waals surface area contributed by atoms with Crippen LogP contribution in [0.4, 0.5) is 8.78 Å². The van der Waals surface area contributed by atoms with Gasteiger partial charge in [0.1, 0.15) is 0 Å². The minimum atomic E-state index is -3.85. The Labute approximate surface area is 178 Å². The topological polar surface area (TPSA) is 95.5 Å². The molecule has 0 fully saturated rings. The van der Waals surface area contributed by atoms with Gasteiger partial charge in [0.2, 0.25) is 10.0 Å². The summed E-state index contributed by atoms with van der Waals surface area (Å²) in [5.41, 5.74) is 0.951. The van der Waals surface area contributed by atoms with Crippen molar-refractivity contribution >= 4 is 15.9 Å². The van der Waals surface area contributed by atoms with Gasteiger partial charge in [0.05, 0.1) is 11.0 Å². The van der Waals surface area contributed by atoms with Crippen molar-refractivity contribution in [1.29, 1.82) is 0 Å². The second-order valence-electron chi connectivity index (χ2n) is 6.74. The molecule has 1 unspecified atom stereocenters. The van der Waals surface area contributed by atoms with E-state index in [9.17, 15) is 27.1 Å². The van der Waals surface area contributed by atoms with Crippen LogP contribution >= 0.6 is 0 Å². The predicted octanol–water partition coefficient (Wildman–Crippen LogP) is 2.91. The third kappa shape index (κ3) is 5.94. The Hall–Kier alpha value is -3.14. The average Bonchev–Trinajstić information content (AvgIpc) is 2.78. The molecule has 0 bridgehead atoms. The lowest BCUT2D eigenvalue weighted by molar-refractivity contribution is 0.0916. The lowest BCUT2D eigenvalue weighted by Crippen LogP contribution is -2.29. The van der Waals surface area contributed by atoms with Crippen molar-refractivity contribution in [1.82, 2.24) is 10.0 Å². The summed E-state index contributed by atoms with van der Waals surface area (Å²) in [5, 5.41) is 12.5. The summed E-state index contributed by atoms with van der Waals surface area (Å²) in [6.45, 7) is -0.173. The molecular formula is C22H20F2N2O4S. The lowest BCUT2D eigenvalue weighted by Gasteiger charge is -2.13. The average molecular weight is 446 g/mol. The molecular weight excluding hydrogens is 426 g/mol. The molecule has 9 heteroatoms. The van der Waals surface area contributed by atoms with Gasteiger partial charge in [-0.15, -0.1) is 0 Å². The highest BCUT2D eigenvalue weighted by Crippen LogP contribution is 2.16. The number of carbonyl (C=O) groups is 1. The maximum Gasteiger partial charge on any atom is 0.251 e. The van der Waals surface area contributed by atoms with Crippen molar-refractivity contribution in [3.63, 3.8) is 0 Å². The third-order valence-electron chi connectivity index (χ3n) is 4.50. The minimum Gasteiger partial charge on any atom is -0.387 e. The van der Waals surface area contributed by atoms with Crippen LogP contribution in [-0.2, 0) is 16.6 Å². The van der Waals surface area contributed by atoms with E-state index in [0.717, 1.165) is 17.7 Å². The van der Waals surface area contributed by atoms with Gasteiger partial charge in [0, 0.05) is 18.7 Å². The molecule has 3 N–H and O–H groups in total. The van der Waals surface area contributed by atoms with E-state index < -0.39 is 33.7 Å². The summed E-state index contributed by atoms with van der Waals surface area (Å²) in [5.74, 6) is -2.77. The monoisotopic (exact) mass is 446 g/mol. The zero-order valence-electron chi connectivity index (χ0n) is 16.3. The van der Waals surface area contributed by atoms with Crippen molar-refractivity contribution in [3.05, 3.63) is 101 Å². The zero-order valence-corrected chi connectivity index (χ0v) is 17.1. The van der Waals surface area contributed by atoms with Crippen molar-refractivity contribution in [2.24, 2.45) is 0 Å². The number of amides is 1. The summed E-state index contributed by atoms with van der Waals surface area (Å²) in [4.78, 5) is 12.3. The van der Waals surface area contributed by atoms with Crippen LogP contribution < -0.4 is 10.0 Å². The molecule has 0 spiro atoms. The van der Waals surface area contributed by atoms with E-state index >= 15 is 0 Å². The molecule has 3 aromatic carbocycles. The number of halogens is 2. The highest BCUT2D eigenvalue weighted by molar-refractivity contribution is 7.89. The van der Waals surface area contributed by atoms with Gasteiger partial charge in [-0.05, 0) is 41.5 Å². The van der Waals surface area contributed by atoms with Gasteiger partial charge >= 0.3 is 0 Å². The molecule has 0 heterocycles. The molecule has 0 aliphatic heterocycles. The van der Waals surface area contributed by atoms with Crippen LogP contribution in [0.3, 0.4) is 0 Å². The maximum absolute atomic E-state index is 13.3. The zero-order chi connectivity index (χ0) is 22.4. The third-order valence-corrected chi connectivity index (χ3v) is 5.90. The number of carbonyl (C=O) groups excluding carboxylic acids is 1. The summed E-state index contributed by atoms with van der Waals surface area (Å²) >= 11 is 0. The summed E-state index contributed by atoms with van der Waals surface area (Å²) in [6, 6.07) is 17.3. The number of aliphatic hydroxyl groups excluding tert-OH is 1. The van der Waals surface area contributed by atoms with Crippen LogP contribution in [0.15, 0.2) is 77.7 Å². The van der Waals surface area contributed by atoms with Crippen LogP contribution in [0.1, 0.15) is 27.6 Å². The standard InChI is InChI=1S/C22H20F2N2O4S/c23-19-10-9-16(12-20(19)24)21(27)14-25-22(28)17-7-4-8-18(11-17)31(29,30)26-13-15-5-2-1-3-6-15/h1-12,21,26-27H,13-14H2,(H,25,28). The number of rotatable bonds is 8.